The van der Waals surface area contributed by atoms with E-state index in [-0.39, 0.29) is 37.4 Å². The van der Waals surface area contributed by atoms with Gasteiger partial charge >= 0.3 is 11.9 Å². The van der Waals surface area contributed by atoms with Gasteiger partial charge in [0.1, 0.15) is 48.0 Å². The fraction of sp³-hybridized carbons (Fsp3) is 0.622. The SMILES string of the molecule is CC[C@H](C)[C@H](NC(=O)[C@H](CC(C)C)NC(=O)CNC(=O)[C@H](CC(N)=O)NC(=O)[C@@H](NC(=O)[C@@H](N)CCC(=O)O)C(C)C)C(=O)N[C@@H](CO)C(=O)N[C@@H](CCSC)C(=O)N[C@@H](Cc1ccc(O)cc1)C(=O)O. The molecule has 0 unspecified atom stereocenters. The summed E-state index contributed by atoms with van der Waals surface area (Å²) in [6.45, 7) is 8.24. The smallest absolute Gasteiger partial charge is 0.326 e. The maximum absolute atomic E-state index is 13.8. The molecule has 26 heteroatoms. The van der Waals surface area contributed by atoms with Crippen molar-refractivity contribution in [2.45, 2.75) is 135 Å². The van der Waals surface area contributed by atoms with Crippen LogP contribution >= 0.6 is 11.8 Å². The van der Waals surface area contributed by atoms with E-state index in [0.717, 1.165) is 0 Å². The molecule has 1 rings (SSSR count). The van der Waals surface area contributed by atoms with Crippen molar-refractivity contribution >= 4 is 76.9 Å². The van der Waals surface area contributed by atoms with Crippen molar-refractivity contribution in [1.82, 2.24) is 42.5 Å². The van der Waals surface area contributed by atoms with Crippen molar-refractivity contribution in [3.8, 4) is 5.75 Å². The highest BCUT2D eigenvalue weighted by atomic mass is 32.2. The number of primary amides is 1. The van der Waals surface area contributed by atoms with Crippen molar-refractivity contribution < 1.29 is 73.2 Å². The first kappa shape index (κ1) is 62.5. The number of aromatic hydroxyl groups is 1. The summed E-state index contributed by atoms with van der Waals surface area (Å²) < 4.78 is 0. The normalized spacial score (nSPS) is 14.9. The molecule has 0 aromatic heterocycles. The Morgan fingerprint density at radius 1 is 0.648 bits per heavy atom. The zero-order valence-electron chi connectivity index (χ0n) is 41.1. The number of benzene rings is 1. The molecule has 0 saturated carbocycles. The molecule has 0 bridgehead atoms. The number of carboxylic acid groups (broad SMARTS) is 2. The second kappa shape index (κ2) is 31.6. The van der Waals surface area contributed by atoms with Crippen molar-refractivity contribution in [2.24, 2.45) is 29.2 Å². The Morgan fingerprint density at radius 2 is 1.18 bits per heavy atom. The van der Waals surface area contributed by atoms with Gasteiger partial charge in [-0.25, -0.2) is 4.79 Å². The summed E-state index contributed by atoms with van der Waals surface area (Å²) in [5.41, 5.74) is 11.6. The van der Waals surface area contributed by atoms with Gasteiger partial charge in [-0.3, -0.25) is 47.9 Å². The van der Waals surface area contributed by atoms with Crippen LogP contribution in [-0.2, 0) is 59.2 Å². The Morgan fingerprint density at radius 3 is 1.70 bits per heavy atom. The summed E-state index contributed by atoms with van der Waals surface area (Å²) >= 11 is 1.34. The number of hydrogen-bond acceptors (Lipinski definition) is 15. The lowest BCUT2D eigenvalue weighted by Gasteiger charge is -2.29. The second-order valence-electron chi connectivity index (χ2n) is 17.7. The first-order chi connectivity index (χ1) is 33.2. The van der Waals surface area contributed by atoms with Crippen LogP contribution in [0.5, 0.6) is 5.75 Å². The Kier molecular flexibility index (Phi) is 27.8. The molecule has 71 heavy (non-hydrogen) atoms. The molecule has 0 saturated heterocycles. The van der Waals surface area contributed by atoms with E-state index in [4.69, 9.17) is 16.6 Å². The number of thioether (sulfide) groups is 1. The molecular formula is C45H72N10O15S. The Balaban J connectivity index is 3.15. The maximum Gasteiger partial charge on any atom is 0.326 e. The van der Waals surface area contributed by atoms with Gasteiger partial charge in [0.05, 0.1) is 25.6 Å². The molecule has 0 aliphatic rings. The third-order valence-electron chi connectivity index (χ3n) is 10.9. The van der Waals surface area contributed by atoms with Gasteiger partial charge in [-0.05, 0) is 66.7 Å². The number of carbonyl (C=O) groups is 11. The van der Waals surface area contributed by atoms with Gasteiger partial charge < -0.3 is 74.4 Å². The molecule has 0 aliphatic carbocycles. The van der Waals surface area contributed by atoms with Crippen LogP contribution in [0.4, 0.5) is 0 Å². The number of phenolic OH excluding ortho intramolecular Hbond substituents is 1. The summed E-state index contributed by atoms with van der Waals surface area (Å²) in [6.07, 6.45) is 0.620. The molecule has 25 nitrogen and oxygen atoms in total. The van der Waals surface area contributed by atoms with Crippen molar-refractivity contribution in [1.29, 1.82) is 0 Å². The summed E-state index contributed by atoms with van der Waals surface area (Å²) in [5, 5.41) is 58.0. The van der Waals surface area contributed by atoms with E-state index in [1.54, 1.807) is 47.8 Å². The van der Waals surface area contributed by atoms with Crippen LogP contribution in [0.1, 0.15) is 85.6 Å². The van der Waals surface area contributed by atoms with E-state index >= 15 is 0 Å². The third kappa shape index (κ3) is 23.3. The maximum atomic E-state index is 13.8. The summed E-state index contributed by atoms with van der Waals surface area (Å²) in [7, 11) is 0. The fourth-order valence-corrected chi connectivity index (χ4v) is 7.12. The van der Waals surface area contributed by atoms with Gasteiger partial charge in [-0.1, -0.05) is 60.1 Å². The molecule has 0 fully saturated rings. The summed E-state index contributed by atoms with van der Waals surface area (Å²) in [5.74, 6) is -11.9. The predicted molar refractivity (Wildman–Crippen MR) is 258 cm³/mol. The highest BCUT2D eigenvalue weighted by molar-refractivity contribution is 7.98. The lowest BCUT2D eigenvalue weighted by molar-refractivity contribution is -0.142. The number of nitrogens with two attached hydrogens (primary N) is 2. The average molecular weight is 1030 g/mol. The van der Waals surface area contributed by atoms with Gasteiger partial charge in [0.15, 0.2) is 0 Å². The molecule has 1 aromatic carbocycles. The minimum Gasteiger partial charge on any atom is -0.508 e. The number of aliphatic hydroxyl groups is 1. The zero-order valence-corrected chi connectivity index (χ0v) is 41.9. The number of aliphatic hydroxyl groups excluding tert-OH is 1. The zero-order chi connectivity index (χ0) is 54.1. The third-order valence-corrected chi connectivity index (χ3v) is 11.6. The van der Waals surface area contributed by atoms with Crippen LogP contribution in [0.25, 0.3) is 0 Å². The molecule has 0 aliphatic heterocycles. The Labute approximate surface area is 416 Å². The van der Waals surface area contributed by atoms with Crippen molar-refractivity contribution in [3.05, 3.63) is 29.8 Å². The Hall–Kier alpha value is -6.54. The number of aliphatic carboxylic acids is 2. The lowest BCUT2D eigenvalue weighted by Crippen LogP contribution is -2.61. The number of carbonyl (C=O) groups excluding carboxylic acids is 9. The van der Waals surface area contributed by atoms with E-state index < -0.39 is 151 Å². The van der Waals surface area contributed by atoms with Crippen LogP contribution in [-0.4, -0.2) is 159 Å². The molecule has 0 radical (unpaired) electrons. The van der Waals surface area contributed by atoms with Crippen LogP contribution in [0.3, 0.4) is 0 Å². The van der Waals surface area contributed by atoms with Crippen LogP contribution < -0.4 is 54.0 Å². The van der Waals surface area contributed by atoms with Gasteiger partial charge in [0.25, 0.3) is 0 Å². The molecule has 9 atom stereocenters. The topological polar surface area (TPSA) is 417 Å². The van der Waals surface area contributed by atoms with Crippen LogP contribution in [0.15, 0.2) is 24.3 Å². The highest BCUT2D eigenvalue weighted by Gasteiger charge is 2.35. The van der Waals surface area contributed by atoms with Crippen molar-refractivity contribution in [2.75, 3.05) is 25.2 Å². The minimum atomic E-state index is -1.65. The molecule has 398 valence electrons. The van der Waals surface area contributed by atoms with Gasteiger partial charge in [0, 0.05) is 12.8 Å². The average Bonchev–Trinajstić information content (AvgIpc) is 3.30. The fourth-order valence-electron chi connectivity index (χ4n) is 6.64. The van der Waals surface area contributed by atoms with E-state index in [0.29, 0.717) is 17.7 Å². The largest absolute Gasteiger partial charge is 0.508 e. The first-order valence-electron chi connectivity index (χ1n) is 23.0. The van der Waals surface area contributed by atoms with Crippen molar-refractivity contribution in [3.63, 3.8) is 0 Å². The van der Waals surface area contributed by atoms with E-state index in [9.17, 15) is 68.1 Å². The molecule has 0 heterocycles. The summed E-state index contributed by atoms with van der Waals surface area (Å²) in [6, 6.07) is -5.52. The molecule has 1 aromatic rings. The molecule has 9 amide bonds. The monoisotopic (exact) mass is 1020 g/mol. The molecular weight excluding hydrogens is 953 g/mol. The van der Waals surface area contributed by atoms with Crippen LogP contribution in [0, 0.1) is 17.8 Å². The number of carboxylic acids is 2. The number of rotatable bonds is 33. The number of amides is 9. The molecule has 16 N–H and O–H groups in total. The highest BCUT2D eigenvalue weighted by Crippen LogP contribution is 2.14. The first-order valence-corrected chi connectivity index (χ1v) is 24.4. The standard InChI is InChI=1S/C45H72N10O15S/c1-8-24(6)37(44(68)53-32(21-56)42(66)50-28(15-16-71-7)40(64)52-31(45(69)70)18-25-9-11-26(57)12-10-25)55-41(65)29(17-22(2)3)49-34(59)20-48-39(63)30(19-33(47)58)51-43(67)36(23(4)5)54-38(62)27(46)13-14-35(60)61/h9-12,22-24,27-32,36-37,56-57H,8,13-21,46H2,1-7H3,(H2,47,58)(H,48,63)(H,49,59)(H,50,66)(H,51,67)(H,52,64)(H,53,68)(H,54,62)(H,55,65)(H,60,61)(H,69,70)/t24-,27-,28-,29-,30-,31-,32-,36-,37-/m0/s1. The predicted octanol–water partition coefficient (Wildman–Crippen LogP) is -2.91. The summed E-state index contributed by atoms with van der Waals surface area (Å²) in [4.78, 5) is 142. The number of nitrogens with one attached hydrogen (secondary N) is 8. The van der Waals surface area contributed by atoms with E-state index in [2.05, 4.69) is 42.5 Å². The van der Waals surface area contributed by atoms with Gasteiger partial charge in [-0.15, -0.1) is 0 Å². The lowest BCUT2D eigenvalue weighted by atomic mass is 9.96. The van der Waals surface area contributed by atoms with E-state index in [1.165, 1.54) is 36.0 Å². The number of hydrogen-bond donors (Lipinski definition) is 14. The quantitative estimate of drug-likeness (QED) is 0.0336. The number of phenols is 1. The molecule has 0 spiro atoms. The van der Waals surface area contributed by atoms with Gasteiger partial charge in [0.2, 0.25) is 53.2 Å². The minimum absolute atomic E-state index is 0.0296. The van der Waals surface area contributed by atoms with Gasteiger partial charge in [-0.2, -0.15) is 11.8 Å². The Bertz CT molecular complexity index is 2010. The van der Waals surface area contributed by atoms with Crippen LogP contribution in [0.2, 0.25) is 0 Å². The van der Waals surface area contributed by atoms with E-state index in [1.807, 2.05) is 0 Å². The second-order valence-corrected chi connectivity index (χ2v) is 18.7.